The van der Waals surface area contributed by atoms with Crippen LogP contribution in [0.25, 0.3) is 0 Å². The number of amides is 1. The molecule has 0 radical (unpaired) electrons. The molecule has 0 heterocycles. The zero-order chi connectivity index (χ0) is 15.9. The molecule has 22 heavy (non-hydrogen) atoms. The molecule has 0 aromatic heterocycles. The van der Waals surface area contributed by atoms with Gasteiger partial charge in [-0.05, 0) is 31.0 Å². The Hall–Kier alpha value is -1.26. The van der Waals surface area contributed by atoms with E-state index in [2.05, 4.69) is 40.3 Å². The van der Waals surface area contributed by atoms with Crippen molar-refractivity contribution < 1.29 is 4.79 Å². The molecule has 0 aliphatic heterocycles. The van der Waals surface area contributed by atoms with Crippen molar-refractivity contribution in [2.45, 2.75) is 25.1 Å². The molecule has 2 nitrogen and oxygen atoms in total. The van der Waals surface area contributed by atoms with Gasteiger partial charge in [0, 0.05) is 9.72 Å². The van der Waals surface area contributed by atoms with Gasteiger partial charge in [-0.15, -0.1) is 11.8 Å². The number of halogens is 1. The zero-order valence-corrected chi connectivity index (χ0v) is 15.2. The van der Waals surface area contributed by atoms with Crippen LogP contribution in [0.1, 0.15) is 36.3 Å². The van der Waals surface area contributed by atoms with Crippen molar-refractivity contribution in [3.63, 3.8) is 0 Å². The molecule has 0 aliphatic rings. The summed E-state index contributed by atoms with van der Waals surface area (Å²) >= 11 is 5.18. The summed E-state index contributed by atoms with van der Waals surface area (Å²) in [6.45, 7) is 4.13. The summed E-state index contributed by atoms with van der Waals surface area (Å²) in [6.07, 6.45) is 0. The first kappa shape index (κ1) is 17.1. The van der Waals surface area contributed by atoms with Gasteiger partial charge in [-0.2, -0.15) is 0 Å². The van der Waals surface area contributed by atoms with E-state index < -0.39 is 0 Å². The van der Waals surface area contributed by atoms with Crippen LogP contribution in [0.4, 0.5) is 0 Å². The lowest BCUT2D eigenvalue weighted by Gasteiger charge is -2.17. The number of thioether (sulfide) groups is 1. The standard InChI is InChI=1S/C18H20BrNOS/c1-13(16-10-6-7-11-17(16)19)20-18(21)12-22-14(2)15-8-4-3-5-9-15/h3-11,13-14H,12H2,1-2H3,(H,20,21)/t13-,14+/m0/s1. The fourth-order valence-corrected chi connectivity index (χ4v) is 3.67. The Balaban J connectivity index is 1.84. The first-order valence-corrected chi connectivity index (χ1v) is 9.12. The molecule has 1 amide bonds. The minimum absolute atomic E-state index is 0.00398. The van der Waals surface area contributed by atoms with E-state index in [9.17, 15) is 4.79 Å². The van der Waals surface area contributed by atoms with Crippen LogP contribution in [-0.4, -0.2) is 11.7 Å². The van der Waals surface area contributed by atoms with Crippen LogP contribution in [0.3, 0.4) is 0 Å². The van der Waals surface area contributed by atoms with Gasteiger partial charge in [0.25, 0.3) is 0 Å². The van der Waals surface area contributed by atoms with Gasteiger partial charge in [0.05, 0.1) is 11.8 Å². The summed E-state index contributed by atoms with van der Waals surface area (Å²) in [6, 6.07) is 18.2. The largest absolute Gasteiger partial charge is 0.349 e. The lowest BCUT2D eigenvalue weighted by molar-refractivity contribution is -0.119. The van der Waals surface area contributed by atoms with Crippen LogP contribution < -0.4 is 5.32 Å². The molecular weight excluding hydrogens is 358 g/mol. The maximum atomic E-state index is 12.1. The summed E-state index contributed by atoms with van der Waals surface area (Å²) in [5.41, 5.74) is 2.34. The van der Waals surface area contributed by atoms with Crippen molar-refractivity contribution in [3.8, 4) is 0 Å². The molecule has 116 valence electrons. The topological polar surface area (TPSA) is 29.1 Å². The Bertz CT molecular complexity index is 617. The lowest BCUT2D eigenvalue weighted by atomic mass is 10.1. The highest BCUT2D eigenvalue weighted by Gasteiger charge is 2.13. The minimum Gasteiger partial charge on any atom is -0.349 e. The van der Waals surface area contributed by atoms with Gasteiger partial charge in [0.15, 0.2) is 0 Å². The third-order valence-electron chi connectivity index (χ3n) is 3.48. The molecule has 0 spiro atoms. The molecular formula is C18H20BrNOS. The molecule has 0 unspecified atom stereocenters. The Morgan fingerprint density at radius 2 is 1.73 bits per heavy atom. The second-order valence-electron chi connectivity index (χ2n) is 5.17. The average molecular weight is 378 g/mol. The highest BCUT2D eigenvalue weighted by Crippen LogP contribution is 2.28. The van der Waals surface area contributed by atoms with Crippen molar-refractivity contribution in [2.24, 2.45) is 0 Å². The first-order valence-electron chi connectivity index (χ1n) is 7.28. The summed E-state index contributed by atoms with van der Waals surface area (Å²) in [7, 11) is 0. The first-order chi connectivity index (χ1) is 10.6. The summed E-state index contributed by atoms with van der Waals surface area (Å²) in [5, 5.41) is 3.36. The van der Waals surface area contributed by atoms with E-state index >= 15 is 0 Å². The predicted molar refractivity (Wildman–Crippen MR) is 98.0 cm³/mol. The van der Waals surface area contributed by atoms with Gasteiger partial charge in [0.2, 0.25) is 5.91 Å². The van der Waals surface area contributed by atoms with Crippen molar-refractivity contribution in [1.82, 2.24) is 5.32 Å². The van der Waals surface area contributed by atoms with E-state index in [0.29, 0.717) is 11.0 Å². The Morgan fingerprint density at radius 1 is 1.09 bits per heavy atom. The number of carbonyl (C=O) groups excluding carboxylic acids is 1. The molecule has 2 aromatic carbocycles. The van der Waals surface area contributed by atoms with Crippen LogP contribution in [0.5, 0.6) is 0 Å². The van der Waals surface area contributed by atoms with E-state index in [-0.39, 0.29) is 11.9 Å². The molecule has 0 bridgehead atoms. The van der Waals surface area contributed by atoms with Crippen LogP contribution in [0.2, 0.25) is 0 Å². The maximum absolute atomic E-state index is 12.1. The Labute approximate surface area is 144 Å². The van der Waals surface area contributed by atoms with Crippen LogP contribution in [0, 0.1) is 0 Å². The Kier molecular flexibility index (Phi) is 6.52. The fourth-order valence-electron chi connectivity index (χ4n) is 2.21. The number of carbonyl (C=O) groups is 1. The maximum Gasteiger partial charge on any atom is 0.230 e. The van der Waals surface area contributed by atoms with Crippen molar-refractivity contribution in [3.05, 3.63) is 70.2 Å². The molecule has 0 aliphatic carbocycles. The van der Waals surface area contributed by atoms with E-state index in [1.165, 1.54) is 5.56 Å². The van der Waals surface area contributed by atoms with Gasteiger partial charge in [0.1, 0.15) is 0 Å². The van der Waals surface area contributed by atoms with Crippen LogP contribution in [-0.2, 0) is 4.79 Å². The average Bonchev–Trinajstić information content (AvgIpc) is 2.53. The molecule has 0 saturated heterocycles. The summed E-state index contributed by atoms with van der Waals surface area (Å²) < 4.78 is 1.02. The third kappa shape index (κ3) is 4.89. The van der Waals surface area contributed by atoms with Crippen LogP contribution >= 0.6 is 27.7 Å². The highest BCUT2D eigenvalue weighted by atomic mass is 79.9. The normalized spacial score (nSPS) is 13.4. The molecule has 1 N–H and O–H groups in total. The van der Waals surface area contributed by atoms with Gasteiger partial charge in [-0.25, -0.2) is 0 Å². The quantitative estimate of drug-likeness (QED) is 0.756. The summed E-state index contributed by atoms with van der Waals surface area (Å²) in [4.78, 5) is 12.1. The number of benzene rings is 2. The van der Waals surface area contributed by atoms with Crippen LogP contribution in [0.15, 0.2) is 59.1 Å². The highest BCUT2D eigenvalue weighted by molar-refractivity contribution is 9.10. The molecule has 2 atom stereocenters. The molecule has 2 aromatic rings. The number of hydrogen-bond donors (Lipinski definition) is 1. The smallest absolute Gasteiger partial charge is 0.230 e. The van der Waals surface area contributed by atoms with E-state index in [4.69, 9.17) is 0 Å². The number of nitrogens with one attached hydrogen (secondary N) is 1. The van der Waals surface area contributed by atoms with E-state index in [1.54, 1.807) is 11.8 Å². The number of hydrogen-bond acceptors (Lipinski definition) is 2. The lowest BCUT2D eigenvalue weighted by Crippen LogP contribution is -2.28. The Morgan fingerprint density at radius 3 is 2.41 bits per heavy atom. The number of rotatable bonds is 6. The molecule has 0 saturated carbocycles. The molecule has 2 rings (SSSR count). The van der Waals surface area contributed by atoms with Gasteiger partial charge < -0.3 is 5.32 Å². The predicted octanol–water partition coefficient (Wildman–Crippen LogP) is 5.12. The van der Waals surface area contributed by atoms with E-state index in [1.807, 2.05) is 49.4 Å². The minimum atomic E-state index is -0.00398. The second-order valence-corrected chi connectivity index (χ2v) is 7.36. The monoisotopic (exact) mass is 377 g/mol. The van der Waals surface area contributed by atoms with Crippen molar-refractivity contribution in [2.75, 3.05) is 5.75 Å². The molecule has 4 heteroatoms. The van der Waals surface area contributed by atoms with Gasteiger partial charge in [-0.1, -0.05) is 64.5 Å². The van der Waals surface area contributed by atoms with Crippen molar-refractivity contribution >= 4 is 33.6 Å². The fraction of sp³-hybridized carbons (Fsp3) is 0.278. The van der Waals surface area contributed by atoms with Crippen molar-refractivity contribution in [1.29, 1.82) is 0 Å². The van der Waals surface area contributed by atoms with E-state index in [0.717, 1.165) is 10.0 Å². The third-order valence-corrected chi connectivity index (χ3v) is 5.41. The van der Waals surface area contributed by atoms with Gasteiger partial charge >= 0.3 is 0 Å². The zero-order valence-electron chi connectivity index (χ0n) is 12.8. The van der Waals surface area contributed by atoms with Gasteiger partial charge in [-0.3, -0.25) is 4.79 Å². The summed E-state index contributed by atoms with van der Waals surface area (Å²) in [5.74, 6) is 0.529. The SMILES string of the molecule is C[C@H](NC(=O)CS[C@H](C)c1ccccc1)c1ccccc1Br. The second kappa shape index (κ2) is 8.39. The molecule has 0 fully saturated rings.